The van der Waals surface area contributed by atoms with E-state index in [2.05, 4.69) is 34.6 Å². The molecule has 6 heteroatoms. The molecule has 1 N–H and O–H groups in total. The molecule has 2 aromatic heterocycles. The van der Waals surface area contributed by atoms with E-state index in [4.69, 9.17) is 0 Å². The molecule has 0 amide bonds. The van der Waals surface area contributed by atoms with Gasteiger partial charge in [-0.1, -0.05) is 0 Å². The molecular formula is C10H11N5S. The Labute approximate surface area is 96.8 Å². The fourth-order valence-corrected chi connectivity index (χ4v) is 3.03. The first-order valence-electron chi connectivity index (χ1n) is 4.99. The summed E-state index contributed by atoms with van der Waals surface area (Å²) in [6, 6.07) is 0. The maximum atomic E-state index is 4.30. The third-order valence-corrected chi connectivity index (χ3v) is 4.03. The van der Waals surface area contributed by atoms with Crippen LogP contribution in [-0.2, 0) is 0 Å². The van der Waals surface area contributed by atoms with Crippen molar-refractivity contribution in [1.82, 2.24) is 14.8 Å². The normalized spacial score (nSPS) is 13.6. The number of hydrogen-bond acceptors (Lipinski definition) is 5. The van der Waals surface area contributed by atoms with Gasteiger partial charge in [-0.15, -0.1) is 21.5 Å². The zero-order valence-electron chi connectivity index (χ0n) is 9.27. The number of nitrogens with zero attached hydrogens (tertiary/aromatic N) is 4. The van der Waals surface area contributed by atoms with Crippen molar-refractivity contribution in [2.24, 2.45) is 5.10 Å². The largest absolute Gasteiger partial charge is 0.257 e. The second-order valence-electron chi connectivity index (χ2n) is 3.80. The monoisotopic (exact) mass is 233 g/mol. The van der Waals surface area contributed by atoms with Gasteiger partial charge in [0.25, 0.3) is 0 Å². The van der Waals surface area contributed by atoms with Crippen LogP contribution >= 0.6 is 11.3 Å². The van der Waals surface area contributed by atoms with Gasteiger partial charge in [-0.25, -0.2) is 5.43 Å². The van der Waals surface area contributed by atoms with Gasteiger partial charge in [0.2, 0.25) is 5.95 Å². The Morgan fingerprint density at radius 3 is 2.94 bits per heavy atom. The molecule has 16 heavy (non-hydrogen) atoms. The van der Waals surface area contributed by atoms with Gasteiger partial charge in [-0.3, -0.25) is 4.57 Å². The van der Waals surface area contributed by atoms with Crippen LogP contribution in [0.4, 0.5) is 5.95 Å². The number of fused-ring (bicyclic) bond motifs is 3. The summed E-state index contributed by atoms with van der Waals surface area (Å²) in [5.74, 6) is 0.666. The average Bonchev–Trinajstić information content (AvgIpc) is 2.79. The lowest BCUT2D eigenvalue weighted by Crippen LogP contribution is -1.99. The van der Waals surface area contributed by atoms with E-state index in [1.165, 1.54) is 16.0 Å². The van der Waals surface area contributed by atoms with E-state index in [0.29, 0.717) is 5.95 Å². The SMILES string of the molecule is CC1=NNc2nncn2-c2sc(C)c(C)c21. The van der Waals surface area contributed by atoms with E-state index in [0.717, 1.165) is 10.7 Å². The number of aromatic nitrogens is 3. The van der Waals surface area contributed by atoms with Gasteiger partial charge in [-0.2, -0.15) is 5.10 Å². The minimum absolute atomic E-state index is 0.666. The third-order valence-electron chi connectivity index (χ3n) is 2.82. The van der Waals surface area contributed by atoms with Crippen molar-refractivity contribution in [1.29, 1.82) is 0 Å². The van der Waals surface area contributed by atoms with Crippen LogP contribution in [0.1, 0.15) is 22.9 Å². The second kappa shape index (κ2) is 3.15. The first kappa shape index (κ1) is 9.53. The van der Waals surface area contributed by atoms with Crippen LogP contribution in [0.25, 0.3) is 5.00 Å². The summed E-state index contributed by atoms with van der Waals surface area (Å²) < 4.78 is 1.94. The maximum absolute atomic E-state index is 4.30. The Morgan fingerprint density at radius 2 is 2.12 bits per heavy atom. The van der Waals surface area contributed by atoms with Crippen molar-refractivity contribution in [3.8, 4) is 5.00 Å². The Kier molecular flexibility index (Phi) is 1.88. The summed E-state index contributed by atoms with van der Waals surface area (Å²) in [5, 5.41) is 13.3. The smallest absolute Gasteiger partial charge is 0.250 e. The number of thiophene rings is 1. The van der Waals surface area contributed by atoms with Gasteiger partial charge in [0.15, 0.2) is 0 Å². The van der Waals surface area contributed by atoms with Crippen molar-refractivity contribution < 1.29 is 0 Å². The molecule has 0 aliphatic carbocycles. The summed E-state index contributed by atoms with van der Waals surface area (Å²) in [6.45, 7) is 6.25. The molecule has 0 saturated heterocycles. The molecule has 3 heterocycles. The summed E-state index contributed by atoms with van der Waals surface area (Å²) >= 11 is 1.74. The Bertz CT molecular complexity index is 592. The second-order valence-corrected chi connectivity index (χ2v) is 5.00. The van der Waals surface area contributed by atoms with Gasteiger partial charge in [0.05, 0.1) is 5.71 Å². The van der Waals surface area contributed by atoms with Crippen LogP contribution in [0, 0.1) is 13.8 Å². The van der Waals surface area contributed by atoms with E-state index in [1.807, 2.05) is 11.5 Å². The van der Waals surface area contributed by atoms with Crippen molar-refractivity contribution >= 4 is 23.0 Å². The Balaban J connectivity index is 2.38. The number of hydrogen-bond donors (Lipinski definition) is 1. The van der Waals surface area contributed by atoms with Crippen LogP contribution in [0.3, 0.4) is 0 Å². The topological polar surface area (TPSA) is 55.1 Å². The van der Waals surface area contributed by atoms with Crippen LogP contribution in [0.15, 0.2) is 11.4 Å². The van der Waals surface area contributed by atoms with Crippen molar-refractivity contribution in [2.45, 2.75) is 20.8 Å². The first-order valence-corrected chi connectivity index (χ1v) is 5.81. The molecular weight excluding hydrogens is 222 g/mol. The van der Waals surface area contributed by atoms with Gasteiger partial charge in [-0.05, 0) is 26.3 Å². The summed E-state index contributed by atoms with van der Waals surface area (Å²) in [6.07, 6.45) is 1.71. The lowest BCUT2D eigenvalue weighted by molar-refractivity contribution is 1.07. The van der Waals surface area contributed by atoms with Crippen LogP contribution in [-0.4, -0.2) is 20.5 Å². The molecule has 0 radical (unpaired) electrons. The molecule has 0 unspecified atom stereocenters. The highest BCUT2D eigenvalue weighted by atomic mass is 32.1. The lowest BCUT2D eigenvalue weighted by atomic mass is 10.1. The number of anilines is 1. The van der Waals surface area contributed by atoms with Crippen molar-refractivity contribution in [3.63, 3.8) is 0 Å². The van der Waals surface area contributed by atoms with E-state index < -0.39 is 0 Å². The Hall–Kier alpha value is -1.69. The maximum Gasteiger partial charge on any atom is 0.250 e. The van der Waals surface area contributed by atoms with Crippen LogP contribution < -0.4 is 5.43 Å². The predicted octanol–water partition coefficient (Wildman–Crippen LogP) is 2.10. The fraction of sp³-hybridized carbons (Fsp3) is 0.300. The molecule has 0 spiro atoms. The third kappa shape index (κ3) is 1.13. The van der Waals surface area contributed by atoms with E-state index in [1.54, 1.807) is 17.7 Å². The summed E-state index contributed by atoms with van der Waals surface area (Å²) in [4.78, 5) is 1.31. The first-order chi connectivity index (χ1) is 7.68. The Morgan fingerprint density at radius 1 is 1.31 bits per heavy atom. The molecule has 2 aromatic rings. The molecule has 0 aromatic carbocycles. The minimum atomic E-state index is 0.666. The molecule has 0 atom stereocenters. The fourth-order valence-electron chi connectivity index (χ4n) is 1.85. The molecule has 3 rings (SSSR count). The highest BCUT2D eigenvalue weighted by Crippen LogP contribution is 2.34. The molecule has 0 bridgehead atoms. The molecule has 1 aliphatic rings. The highest BCUT2D eigenvalue weighted by Gasteiger charge is 2.21. The highest BCUT2D eigenvalue weighted by molar-refractivity contribution is 7.15. The summed E-state index contributed by atoms with van der Waals surface area (Å²) in [7, 11) is 0. The lowest BCUT2D eigenvalue weighted by Gasteiger charge is -2.01. The number of hydrazone groups is 1. The molecule has 5 nitrogen and oxygen atoms in total. The van der Waals surface area contributed by atoms with Crippen LogP contribution in [0.2, 0.25) is 0 Å². The van der Waals surface area contributed by atoms with E-state index in [9.17, 15) is 0 Å². The molecule has 0 saturated carbocycles. The zero-order chi connectivity index (χ0) is 11.3. The number of aryl methyl sites for hydroxylation is 1. The molecule has 82 valence electrons. The van der Waals surface area contributed by atoms with E-state index >= 15 is 0 Å². The summed E-state index contributed by atoms with van der Waals surface area (Å²) in [5.41, 5.74) is 6.38. The van der Waals surface area contributed by atoms with Crippen molar-refractivity contribution in [2.75, 3.05) is 5.43 Å². The average molecular weight is 233 g/mol. The number of rotatable bonds is 0. The quantitative estimate of drug-likeness (QED) is 0.758. The predicted molar refractivity (Wildman–Crippen MR) is 64.5 cm³/mol. The minimum Gasteiger partial charge on any atom is -0.257 e. The van der Waals surface area contributed by atoms with Crippen LogP contribution in [0.5, 0.6) is 0 Å². The zero-order valence-corrected chi connectivity index (χ0v) is 10.1. The molecule has 0 fully saturated rings. The van der Waals surface area contributed by atoms with Gasteiger partial charge in [0.1, 0.15) is 11.3 Å². The van der Waals surface area contributed by atoms with Gasteiger partial charge < -0.3 is 0 Å². The van der Waals surface area contributed by atoms with E-state index in [-0.39, 0.29) is 0 Å². The number of nitrogens with one attached hydrogen (secondary N) is 1. The van der Waals surface area contributed by atoms with Crippen molar-refractivity contribution in [3.05, 3.63) is 22.3 Å². The standard InChI is InChI=1S/C10H11N5S/c1-5-7(3)16-9-8(5)6(2)12-14-10-13-11-4-15(9)10/h4H,1-3H3,(H,13,14). The molecule has 1 aliphatic heterocycles. The van der Waals surface area contributed by atoms with Gasteiger partial charge in [0, 0.05) is 10.4 Å². The van der Waals surface area contributed by atoms with Gasteiger partial charge >= 0.3 is 0 Å².